The third-order valence-corrected chi connectivity index (χ3v) is 2.01. The minimum absolute atomic E-state index is 0.995. The first kappa shape index (κ1) is 8.84. The number of rotatable bonds is 0. The average Bonchev–Trinajstić information content (AvgIpc) is 2.29. The molecule has 0 nitrogen and oxygen atoms in total. The van der Waals surface area contributed by atoms with Crippen LogP contribution < -0.4 is 0 Å². The molecule has 0 N–H and O–H groups in total. The molecule has 0 aliphatic heterocycles. The summed E-state index contributed by atoms with van der Waals surface area (Å²) in [4.78, 5) is 0. The smallest absolute Gasteiger partial charge is 0.0248 e. The molecule has 0 aromatic heterocycles. The number of hydrogen-bond donors (Lipinski definition) is 0. The van der Waals surface area contributed by atoms with E-state index in [4.69, 9.17) is 0 Å². The first-order valence-corrected chi connectivity index (χ1v) is 4.72. The summed E-state index contributed by atoms with van der Waals surface area (Å²) in [5.41, 5.74) is 2.17. The van der Waals surface area contributed by atoms with E-state index in [1.54, 1.807) is 0 Å². The van der Waals surface area contributed by atoms with Gasteiger partial charge in [-0.25, -0.2) is 0 Å². The predicted molar refractivity (Wildman–Crippen MR) is 59.5 cm³/mol. The number of allylic oxidation sites excluding steroid dienone is 4. The summed E-state index contributed by atoms with van der Waals surface area (Å²) in [6.45, 7) is 0. The summed E-state index contributed by atoms with van der Waals surface area (Å²) < 4.78 is 0. The van der Waals surface area contributed by atoms with Crippen LogP contribution in [0.25, 0.3) is 0 Å². The Hall–Kier alpha value is -1.74. The highest BCUT2D eigenvalue weighted by molar-refractivity contribution is 5.46. The predicted octanol–water partition coefficient (Wildman–Crippen LogP) is 3.13. The quantitative estimate of drug-likeness (QED) is 0.537. The van der Waals surface area contributed by atoms with Gasteiger partial charge in [-0.1, -0.05) is 48.3 Å². The highest BCUT2D eigenvalue weighted by Gasteiger charge is 1.94. The van der Waals surface area contributed by atoms with Gasteiger partial charge in [0.05, 0.1) is 0 Å². The molecule has 1 aromatic rings. The van der Waals surface area contributed by atoms with E-state index in [9.17, 15) is 0 Å². The zero-order valence-electron chi connectivity index (χ0n) is 7.90. The number of hydrogen-bond acceptors (Lipinski definition) is 0. The van der Waals surface area contributed by atoms with Crippen LogP contribution in [0.1, 0.15) is 12.0 Å². The van der Waals surface area contributed by atoms with Gasteiger partial charge in [0.2, 0.25) is 0 Å². The minimum Gasteiger partial charge on any atom is -0.0839 e. The monoisotopic (exact) mass is 179 g/mol. The normalized spacial score (nSPS) is 14.1. The van der Waals surface area contributed by atoms with E-state index < -0.39 is 0 Å². The molecule has 0 fully saturated rings. The van der Waals surface area contributed by atoms with Crippen molar-refractivity contribution in [2.75, 3.05) is 0 Å². The summed E-state index contributed by atoms with van der Waals surface area (Å²) in [5, 5.41) is 0. The molecule has 0 heteroatoms. The number of benzene rings is 1. The Kier molecular flexibility index (Phi) is 2.83. The molecule has 0 atom stereocenters. The summed E-state index contributed by atoms with van der Waals surface area (Å²) in [6, 6.07) is 10.0. The molecule has 67 valence electrons. The molecule has 0 saturated heterocycles. The second-order valence-electron chi connectivity index (χ2n) is 3.11. The van der Waals surface area contributed by atoms with Crippen molar-refractivity contribution in [1.82, 2.24) is 0 Å². The van der Waals surface area contributed by atoms with Gasteiger partial charge in [-0.05, 0) is 18.6 Å². The molecule has 0 bridgehead atoms. The van der Waals surface area contributed by atoms with E-state index in [1.165, 1.54) is 0 Å². The van der Waals surface area contributed by atoms with Crippen LogP contribution in [-0.2, 0) is 0 Å². The van der Waals surface area contributed by atoms with Gasteiger partial charge < -0.3 is 0 Å². The van der Waals surface area contributed by atoms with E-state index in [0.29, 0.717) is 0 Å². The van der Waals surface area contributed by atoms with Crippen molar-refractivity contribution in [3.8, 4) is 11.8 Å². The van der Waals surface area contributed by atoms with Crippen molar-refractivity contribution in [3.63, 3.8) is 0 Å². The van der Waals surface area contributed by atoms with Crippen LogP contribution in [0.4, 0.5) is 0 Å². The van der Waals surface area contributed by atoms with Gasteiger partial charge in [-0.3, -0.25) is 0 Å². The highest BCUT2D eigenvalue weighted by atomic mass is 14.0. The van der Waals surface area contributed by atoms with Crippen molar-refractivity contribution in [2.45, 2.75) is 6.42 Å². The molecule has 0 heterocycles. The maximum absolute atomic E-state index is 3.14. The fourth-order valence-corrected chi connectivity index (χ4v) is 1.27. The summed E-state index contributed by atoms with van der Waals surface area (Å²) in [7, 11) is 0. The Morgan fingerprint density at radius 1 is 1.00 bits per heavy atom. The lowest BCUT2D eigenvalue weighted by molar-refractivity contribution is 1.23. The third-order valence-electron chi connectivity index (χ3n) is 2.01. The zero-order chi connectivity index (χ0) is 9.64. The van der Waals surface area contributed by atoms with Gasteiger partial charge >= 0.3 is 0 Å². The molecule has 0 amide bonds. The lowest BCUT2D eigenvalue weighted by atomic mass is 10.1. The van der Waals surface area contributed by atoms with Gasteiger partial charge in [0.1, 0.15) is 0 Å². The van der Waals surface area contributed by atoms with Crippen molar-refractivity contribution in [3.05, 3.63) is 66.1 Å². The minimum atomic E-state index is 0.995. The Morgan fingerprint density at radius 2 is 1.86 bits per heavy atom. The Labute approximate surface area is 85.0 Å². The summed E-state index contributed by atoms with van der Waals surface area (Å²) in [5.74, 6) is 6.27. The van der Waals surface area contributed by atoms with Crippen LogP contribution in [0.5, 0.6) is 0 Å². The van der Waals surface area contributed by atoms with E-state index in [0.717, 1.165) is 17.6 Å². The van der Waals surface area contributed by atoms with Gasteiger partial charge in [0.25, 0.3) is 0 Å². The van der Waals surface area contributed by atoms with Crippen LogP contribution in [0.3, 0.4) is 0 Å². The fourth-order valence-electron chi connectivity index (χ4n) is 1.27. The Balaban J connectivity index is 2.14. The maximum atomic E-state index is 3.14. The van der Waals surface area contributed by atoms with Crippen LogP contribution in [-0.4, -0.2) is 0 Å². The first-order valence-electron chi connectivity index (χ1n) is 4.72. The van der Waals surface area contributed by atoms with Crippen molar-refractivity contribution >= 4 is 0 Å². The van der Waals surface area contributed by atoms with Gasteiger partial charge in [0.15, 0.2) is 0 Å². The third kappa shape index (κ3) is 2.37. The van der Waals surface area contributed by atoms with Crippen LogP contribution in [0, 0.1) is 18.3 Å². The van der Waals surface area contributed by atoms with Crippen LogP contribution >= 0.6 is 0 Å². The second kappa shape index (κ2) is 4.48. The molecule has 2 rings (SSSR count). The van der Waals surface area contributed by atoms with Crippen molar-refractivity contribution < 1.29 is 0 Å². The van der Waals surface area contributed by atoms with E-state index in [-0.39, 0.29) is 0 Å². The largest absolute Gasteiger partial charge is 0.0839 e. The molecular formula is C14H11. The average molecular weight is 179 g/mol. The van der Waals surface area contributed by atoms with E-state index >= 15 is 0 Å². The van der Waals surface area contributed by atoms with E-state index in [1.807, 2.05) is 36.4 Å². The zero-order valence-corrected chi connectivity index (χ0v) is 7.90. The van der Waals surface area contributed by atoms with Gasteiger partial charge in [-0.2, -0.15) is 0 Å². The van der Waals surface area contributed by atoms with Crippen LogP contribution in [0.15, 0.2) is 54.1 Å². The standard InChI is InChI=1S/C14H11/c1-3-7-13(8-4-1)11-12-14-9-5-2-6-10-14/h1-5,7-10H,6H2. The summed E-state index contributed by atoms with van der Waals surface area (Å²) in [6.07, 6.45) is 9.34. The highest BCUT2D eigenvalue weighted by Crippen LogP contribution is 2.09. The lowest BCUT2D eigenvalue weighted by Gasteiger charge is -1.98. The molecule has 1 radical (unpaired) electrons. The first-order chi connectivity index (χ1) is 6.95. The van der Waals surface area contributed by atoms with Gasteiger partial charge in [-0.15, -0.1) is 0 Å². The molecule has 1 aliphatic rings. The Morgan fingerprint density at radius 3 is 2.57 bits per heavy atom. The summed E-state index contributed by atoms with van der Waals surface area (Å²) >= 11 is 0. The molecule has 14 heavy (non-hydrogen) atoms. The van der Waals surface area contributed by atoms with Crippen molar-refractivity contribution in [2.24, 2.45) is 0 Å². The lowest BCUT2D eigenvalue weighted by Crippen LogP contribution is -1.84. The molecule has 0 unspecified atom stereocenters. The molecule has 0 saturated carbocycles. The molecule has 1 aromatic carbocycles. The Bertz CT molecular complexity index is 410. The topological polar surface area (TPSA) is 0 Å². The molecule has 1 aliphatic carbocycles. The van der Waals surface area contributed by atoms with Crippen LogP contribution in [0.2, 0.25) is 0 Å². The maximum Gasteiger partial charge on any atom is 0.0248 e. The van der Waals surface area contributed by atoms with Gasteiger partial charge in [0, 0.05) is 17.6 Å². The molecule has 0 spiro atoms. The second-order valence-corrected chi connectivity index (χ2v) is 3.11. The van der Waals surface area contributed by atoms with E-state index in [2.05, 4.69) is 30.4 Å². The molecular weight excluding hydrogens is 168 g/mol. The van der Waals surface area contributed by atoms with Crippen molar-refractivity contribution in [1.29, 1.82) is 0 Å². The fraction of sp³-hybridized carbons (Fsp3) is 0.0714. The SMILES string of the molecule is C(#Cc1ccccc1)C1=CC=CC[CH]1.